The maximum absolute atomic E-state index is 14.4. The molecular formula is C27H24FN5O. The fourth-order valence-electron chi connectivity index (χ4n) is 4.14. The van der Waals surface area contributed by atoms with Gasteiger partial charge in [0.05, 0.1) is 27.6 Å². The summed E-state index contributed by atoms with van der Waals surface area (Å²) in [4.78, 5) is 25.4. The molecule has 0 bridgehead atoms. The maximum Gasteiger partial charge on any atom is 0.261 e. The average Bonchev–Trinajstić information content (AvgIpc) is 3.22. The number of pyridine rings is 1. The van der Waals surface area contributed by atoms with E-state index in [1.165, 1.54) is 17.7 Å². The van der Waals surface area contributed by atoms with Crippen molar-refractivity contribution in [3.63, 3.8) is 0 Å². The largest absolute Gasteiger partial charge is 0.397 e. The number of aromatic amines is 2. The number of imidazole rings is 1. The molecule has 6 nitrogen and oxygen atoms in total. The van der Waals surface area contributed by atoms with Crippen LogP contribution in [0.1, 0.15) is 11.1 Å². The molecule has 7 heteroatoms. The van der Waals surface area contributed by atoms with Gasteiger partial charge in [-0.2, -0.15) is 0 Å². The number of nitrogen functional groups attached to an aromatic ring is 1. The van der Waals surface area contributed by atoms with Crippen LogP contribution in [0.2, 0.25) is 0 Å². The van der Waals surface area contributed by atoms with Gasteiger partial charge in [-0.25, -0.2) is 9.37 Å². The van der Waals surface area contributed by atoms with Crippen molar-refractivity contribution in [3.05, 3.63) is 100 Å². The monoisotopic (exact) mass is 453 g/mol. The Morgan fingerprint density at radius 1 is 1.03 bits per heavy atom. The van der Waals surface area contributed by atoms with Crippen LogP contribution in [0, 0.1) is 5.82 Å². The molecule has 0 unspecified atom stereocenters. The first-order valence-electron chi connectivity index (χ1n) is 11.0. The summed E-state index contributed by atoms with van der Waals surface area (Å²) in [7, 11) is 2.08. The molecule has 0 aliphatic carbocycles. The number of anilines is 1. The molecule has 0 radical (unpaired) electrons. The van der Waals surface area contributed by atoms with Gasteiger partial charge in [-0.3, -0.25) is 9.69 Å². The Bertz CT molecular complexity index is 1570. The van der Waals surface area contributed by atoms with E-state index in [9.17, 15) is 9.18 Å². The van der Waals surface area contributed by atoms with Crippen LogP contribution >= 0.6 is 0 Å². The molecular weight excluding hydrogens is 429 g/mol. The van der Waals surface area contributed by atoms with Crippen molar-refractivity contribution in [3.8, 4) is 11.4 Å². The lowest BCUT2D eigenvalue weighted by molar-refractivity contribution is 0.364. The minimum absolute atomic E-state index is 0.0671. The Balaban J connectivity index is 1.40. The zero-order chi connectivity index (χ0) is 23.7. The molecule has 34 heavy (non-hydrogen) atoms. The Labute approximate surface area is 195 Å². The summed E-state index contributed by atoms with van der Waals surface area (Å²) in [6.45, 7) is 1.67. The lowest BCUT2D eigenvalue weighted by atomic mass is 10.1. The van der Waals surface area contributed by atoms with Gasteiger partial charge in [0.1, 0.15) is 17.2 Å². The third-order valence-corrected chi connectivity index (χ3v) is 5.79. The molecule has 0 atom stereocenters. The Morgan fingerprint density at radius 3 is 2.68 bits per heavy atom. The first-order chi connectivity index (χ1) is 16.5. The van der Waals surface area contributed by atoms with Crippen molar-refractivity contribution < 1.29 is 4.39 Å². The van der Waals surface area contributed by atoms with Crippen LogP contribution in [-0.2, 0) is 6.54 Å². The molecule has 0 aliphatic heterocycles. The quantitative estimate of drug-likeness (QED) is 0.340. The summed E-state index contributed by atoms with van der Waals surface area (Å²) in [5.74, 6) is -0.184. The van der Waals surface area contributed by atoms with Crippen molar-refractivity contribution >= 4 is 33.7 Å². The Hall–Kier alpha value is -4.23. The van der Waals surface area contributed by atoms with Gasteiger partial charge in [0.25, 0.3) is 5.56 Å². The van der Waals surface area contributed by atoms with E-state index in [4.69, 9.17) is 5.73 Å². The number of aromatic nitrogens is 3. The van der Waals surface area contributed by atoms with Gasteiger partial charge in [0.2, 0.25) is 0 Å². The molecule has 3 aromatic carbocycles. The van der Waals surface area contributed by atoms with Crippen LogP contribution in [0.4, 0.5) is 10.1 Å². The number of rotatable bonds is 6. The number of likely N-dealkylation sites (N-methyl/N-ethyl adjacent to an activating group) is 1. The number of fused-ring (bicyclic) bond motifs is 2. The third-order valence-electron chi connectivity index (χ3n) is 5.79. The fraction of sp³-hybridized carbons (Fsp3) is 0.111. The van der Waals surface area contributed by atoms with Crippen LogP contribution in [0.5, 0.6) is 0 Å². The molecule has 0 saturated heterocycles. The van der Waals surface area contributed by atoms with Crippen molar-refractivity contribution in [1.82, 2.24) is 19.9 Å². The summed E-state index contributed by atoms with van der Waals surface area (Å²) in [6, 6.07) is 20.6. The predicted octanol–water partition coefficient (Wildman–Crippen LogP) is 4.94. The average molecular weight is 454 g/mol. The SMILES string of the molecule is CN(CC=Cc1ccc2[nH]c(-c3c(N)c4c(F)cccc4[nH]c3=O)nc2c1)Cc1ccccc1. The lowest BCUT2D eigenvalue weighted by Gasteiger charge is -2.14. The van der Waals surface area contributed by atoms with E-state index in [1.807, 2.05) is 42.5 Å². The molecule has 5 aromatic rings. The van der Waals surface area contributed by atoms with Crippen molar-refractivity contribution in [2.24, 2.45) is 0 Å². The number of nitrogens with one attached hydrogen (secondary N) is 2. The molecule has 5 rings (SSSR count). The van der Waals surface area contributed by atoms with Gasteiger partial charge in [0, 0.05) is 13.1 Å². The van der Waals surface area contributed by atoms with Crippen molar-refractivity contribution in [2.75, 3.05) is 19.3 Å². The minimum atomic E-state index is -0.492. The summed E-state index contributed by atoms with van der Waals surface area (Å²) in [5, 5.41) is 0.181. The molecule has 0 spiro atoms. The lowest BCUT2D eigenvalue weighted by Crippen LogP contribution is -2.17. The minimum Gasteiger partial charge on any atom is -0.397 e. The zero-order valence-corrected chi connectivity index (χ0v) is 18.7. The van der Waals surface area contributed by atoms with Crippen LogP contribution in [-0.4, -0.2) is 33.4 Å². The number of hydrogen-bond donors (Lipinski definition) is 3. The van der Waals surface area contributed by atoms with E-state index in [-0.39, 0.29) is 16.6 Å². The van der Waals surface area contributed by atoms with E-state index in [0.29, 0.717) is 16.9 Å². The van der Waals surface area contributed by atoms with Crippen LogP contribution < -0.4 is 11.3 Å². The van der Waals surface area contributed by atoms with Crippen molar-refractivity contribution in [2.45, 2.75) is 6.54 Å². The highest BCUT2D eigenvalue weighted by molar-refractivity contribution is 5.98. The number of hydrogen-bond acceptors (Lipinski definition) is 4. The number of nitrogens with two attached hydrogens (primary N) is 1. The molecule has 0 amide bonds. The van der Waals surface area contributed by atoms with E-state index >= 15 is 0 Å². The molecule has 0 aliphatic rings. The van der Waals surface area contributed by atoms with E-state index in [1.54, 1.807) is 6.07 Å². The normalized spacial score (nSPS) is 11.9. The van der Waals surface area contributed by atoms with E-state index in [2.05, 4.69) is 45.1 Å². The highest BCUT2D eigenvalue weighted by atomic mass is 19.1. The second-order valence-corrected chi connectivity index (χ2v) is 8.35. The maximum atomic E-state index is 14.4. The zero-order valence-electron chi connectivity index (χ0n) is 18.7. The van der Waals surface area contributed by atoms with Gasteiger partial charge in [0.15, 0.2) is 0 Å². The second kappa shape index (κ2) is 8.96. The van der Waals surface area contributed by atoms with Gasteiger partial charge < -0.3 is 15.7 Å². The van der Waals surface area contributed by atoms with Gasteiger partial charge in [-0.05, 0) is 42.4 Å². The fourth-order valence-corrected chi connectivity index (χ4v) is 4.14. The summed E-state index contributed by atoms with van der Waals surface area (Å²) in [5.41, 5.74) is 10.1. The smallest absolute Gasteiger partial charge is 0.261 e. The van der Waals surface area contributed by atoms with Crippen molar-refractivity contribution in [1.29, 1.82) is 0 Å². The van der Waals surface area contributed by atoms with E-state index < -0.39 is 11.4 Å². The number of halogens is 1. The Kier molecular flexibility index (Phi) is 5.69. The standard InChI is InChI=1S/C27H24FN5O/c1-33(16-18-7-3-2-4-8-18)14-6-9-17-12-13-20-22(15-17)31-26(30-20)24-25(29)23-19(28)10-5-11-21(23)32-27(24)34/h2-13,15H,14,16H2,1H3,(H,30,31)(H3,29,32,34). The van der Waals surface area contributed by atoms with Crippen LogP contribution in [0.15, 0.2) is 77.6 Å². The Morgan fingerprint density at radius 2 is 1.85 bits per heavy atom. The van der Waals surface area contributed by atoms with Crippen LogP contribution in [0.3, 0.4) is 0 Å². The number of H-pyrrole nitrogens is 2. The van der Waals surface area contributed by atoms with E-state index in [0.717, 1.165) is 24.2 Å². The van der Waals surface area contributed by atoms with Gasteiger partial charge in [-0.15, -0.1) is 0 Å². The second-order valence-electron chi connectivity index (χ2n) is 8.35. The topological polar surface area (TPSA) is 90.8 Å². The number of nitrogens with zero attached hydrogens (tertiary/aromatic N) is 2. The van der Waals surface area contributed by atoms with Gasteiger partial charge >= 0.3 is 0 Å². The third kappa shape index (κ3) is 4.21. The molecule has 4 N–H and O–H groups in total. The summed E-state index contributed by atoms with van der Waals surface area (Å²) >= 11 is 0. The molecule has 170 valence electrons. The number of benzene rings is 3. The van der Waals surface area contributed by atoms with Gasteiger partial charge in [-0.1, -0.05) is 54.6 Å². The highest BCUT2D eigenvalue weighted by Gasteiger charge is 2.18. The first kappa shape index (κ1) is 21.6. The summed E-state index contributed by atoms with van der Waals surface area (Å²) < 4.78 is 14.4. The highest BCUT2D eigenvalue weighted by Crippen LogP contribution is 2.30. The molecule has 0 fully saturated rings. The predicted molar refractivity (Wildman–Crippen MR) is 136 cm³/mol. The molecule has 2 heterocycles. The van der Waals surface area contributed by atoms with Crippen LogP contribution in [0.25, 0.3) is 39.4 Å². The molecule has 2 aromatic heterocycles. The first-order valence-corrected chi connectivity index (χ1v) is 11.0. The summed E-state index contributed by atoms with van der Waals surface area (Å²) in [6.07, 6.45) is 4.15. The molecule has 0 saturated carbocycles.